The number of hydrogen-bond acceptors (Lipinski definition) is 5. The van der Waals surface area contributed by atoms with E-state index in [0.717, 1.165) is 16.9 Å². The second-order valence-electron chi connectivity index (χ2n) is 6.04. The van der Waals surface area contributed by atoms with Gasteiger partial charge in [-0.05, 0) is 60.9 Å². The van der Waals surface area contributed by atoms with Crippen molar-refractivity contribution in [1.29, 1.82) is 0 Å². The number of nitrogens with zero attached hydrogens (tertiary/aromatic N) is 1. The Balaban J connectivity index is 1.52. The predicted molar refractivity (Wildman–Crippen MR) is 107 cm³/mol. The van der Waals surface area contributed by atoms with E-state index in [1.54, 1.807) is 18.3 Å². The monoisotopic (exact) mass is 406 g/mol. The Labute approximate surface area is 167 Å². The van der Waals surface area contributed by atoms with Crippen molar-refractivity contribution in [1.82, 2.24) is 16.3 Å². The van der Waals surface area contributed by atoms with Crippen molar-refractivity contribution in [2.24, 2.45) is 5.10 Å². The zero-order chi connectivity index (χ0) is 19.2. The normalized spacial score (nSPS) is 19.4. The molecule has 0 spiro atoms. The molecule has 3 rings (SSSR count). The van der Waals surface area contributed by atoms with Gasteiger partial charge in [0.2, 0.25) is 0 Å². The van der Waals surface area contributed by atoms with Crippen LogP contribution in [0.2, 0.25) is 10.0 Å². The van der Waals surface area contributed by atoms with Crippen LogP contribution < -0.4 is 21.0 Å². The maximum Gasteiger partial charge on any atom is 0.258 e. The third kappa shape index (κ3) is 5.20. The van der Waals surface area contributed by atoms with E-state index < -0.39 is 6.04 Å². The number of carbonyl (C=O) groups excluding carboxylic acids is 1. The highest BCUT2D eigenvalue weighted by molar-refractivity contribution is 6.42. The number of benzene rings is 2. The van der Waals surface area contributed by atoms with Crippen LogP contribution in [0.3, 0.4) is 0 Å². The molecule has 1 aliphatic rings. The number of nitrogens with one attached hydrogen (secondary N) is 3. The van der Waals surface area contributed by atoms with Crippen LogP contribution in [0.15, 0.2) is 47.6 Å². The smallest absolute Gasteiger partial charge is 0.258 e. The van der Waals surface area contributed by atoms with Gasteiger partial charge >= 0.3 is 0 Å². The lowest BCUT2D eigenvalue weighted by molar-refractivity contribution is -0.122. The van der Waals surface area contributed by atoms with Crippen LogP contribution in [0, 0.1) is 0 Å². The van der Waals surface area contributed by atoms with Crippen molar-refractivity contribution in [3.8, 4) is 5.75 Å². The topological polar surface area (TPSA) is 74.8 Å². The van der Waals surface area contributed by atoms with Crippen molar-refractivity contribution in [3.63, 3.8) is 0 Å². The fourth-order valence-corrected chi connectivity index (χ4v) is 3.05. The molecule has 1 fully saturated rings. The highest BCUT2D eigenvalue weighted by Gasteiger charge is 2.30. The summed E-state index contributed by atoms with van der Waals surface area (Å²) in [6, 6.07) is 12.5. The molecule has 142 valence electrons. The van der Waals surface area contributed by atoms with Gasteiger partial charge in [0.15, 0.2) is 0 Å². The zero-order valence-electron chi connectivity index (χ0n) is 14.7. The molecule has 1 saturated heterocycles. The lowest BCUT2D eigenvalue weighted by Crippen LogP contribution is -2.41. The molecule has 2 unspecified atom stereocenters. The average molecular weight is 407 g/mol. The number of hydrogen-bond donors (Lipinski definition) is 3. The first kappa shape index (κ1) is 19.6. The summed E-state index contributed by atoms with van der Waals surface area (Å²) in [4.78, 5) is 12.3. The van der Waals surface area contributed by atoms with Crippen LogP contribution in [0.1, 0.15) is 30.5 Å². The van der Waals surface area contributed by atoms with Crippen LogP contribution in [0.5, 0.6) is 5.75 Å². The molecule has 27 heavy (non-hydrogen) atoms. The number of carbonyl (C=O) groups is 1. The van der Waals surface area contributed by atoms with Gasteiger partial charge in [-0.2, -0.15) is 5.10 Å². The Bertz CT molecular complexity index is 827. The van der Waals surface area contributed by atoms with E-state index >= 15 is 0 Å². The van der Waals surface area contributed by atoms with Crippen LogP contribution in [0.4, 0.5) is 0 Å². The summed E-state index contributed by atoms with van der Waals surface area (Å²) in [7, 11) is 0. The van der Waals surface area contributed by atoms with Crippen molar-refractivity contribution in [3.05, 3.63) is 63.6 Å². The van der Waals surface area contributed by atoms with E-state index in [-0.39, 0.29) is 11.9 Å². The summed E-state index contributed by atoms with van der Waals surface area (Å²) in [6.45, 7) is 2.55. The standard InChI is InChI=1S/C19H20Cl2N4O2/c1-2-27-14-6-3-12(4-7-14)11-22-25-19(26)18-10-17(23-24-18)13-5-8-15(20)16(21)9-13/h3-9,11,17-18,23-24H,2,10H2,1H3,(H,25,26)/b22-11+. The van der Waals surface area contributed by atoms with Crippen molar-refractivity contribution >= 4 is 35.3 Å². The van der Waals surface area contributed by atoms with Gasteiger partial charge in [0.05, 0.1) is 22.9 Å². The van der Waals surface area contributed by atoms with E-state index in [1.165, 1.54) is 0 Å². The molecule has 0 aromatic heterocycles. The van der Waals surface area contributed by atoms with Gasteiger partial charge in [-0.25, -0.2) is 16.3 Å². The molecular formula is C19H20Cl2N4O2. The molecule has 6 nitrogen and oxygen atoms in total. The average Bonchev–Trinajstić information content (AvgIpc) is 3.16. The first-order valence-electron chi connectivity index (χ1n) is 8.58. The van der Waals surface area contributed by atoms with E-state index in [9.17, 15) is 4.79 Å². The molecule has 0 saturated carbocycles. The number of ether oxygens (including phenoxy) is 1. The molecule has 3 N–H and O–H groups in total. The van der Waals surface area contributed by atoms with Gasteiger partial charge in [0, 0.05) is 6.04 Å². The van der Waals surface area contributed by atoms with Gasteiger partial charge in [0.1, 0.15) is 11.8 Å². The maximum absolute atomic E-state index is 12.3. The molecule has 0 aliphatic carbocycles. The molecule has 1 amide bonds. The molecule has 2 aromatic rings. The van der Waals surface area contributed by atoms with Gasteiger partial charge in [-0.15, -0.1) is 0 Å². The largest absolute Gasteiger partial charge is 0.494 e. The van der Waals surface area contributed by atoms with Crippen molar-refractivity contribution < 1.29 is 9.53 Å². The van der Waals surface area contributed by atoms with Crippen molar-refractivity contribution in [2.75, 3.05) is 6.61 Å². The summed E-state index contributed by atoms with van der Waals surface area (Å²) in [5.41, 5.74) is 10.5. The van der Waals surface area contributed by atoms with E-state index in [0.29, 0.717) is 23.1 Å². The molecule has 1 aliphatic heterocycles. The molecular weight excluding hydrogens is 387 g/mol. The third-order valence-corrected chi connectivity index (χ3v) is 4.88. The van der Waals surface area contributed by atoms with Gasteiger partial charge < -0.3 is 4.74 Å². The third-order valence-electron chi connectivity index (χ3n) is 4.15. The van der Waals surface area contributed by atoms with Gasteiger partial charge in [-0.3, -0.25) is 4.79 Å². The minimum Gasteiger partial charge on any atom is -0.494 e. The molecule has 2 aromatic carbocycles. The Morgan fingerprint density at radius 2 is 2.00 bits per heavy atom. The maximum atomic E-state index is 12.3. The first-order valence-corrected chi connectivity index (χ1v) is 9.34. The lowest BCUT2D eigenvalue weighted by Gasteiger charge is -2.10. The highest BCUT2D eigenvalue weighted by atomic mass is 35.5. The summed E-state index contributed by atoms with van der Waals surface area (Å²) >= 11 is 12.0. The van der Waals surface area contributed by atoms with Crippen molar-refractivity contribution in [2.45, 2.75) is 25.4 Å². The Kier molecular flexibility index (Phi) is 6.68. The Hall–Kier alpha value is -2.12. The number of hydrazone groups is 1. The number of rotatable bonds is 6. The molecule has 1 heterocycles. The van der Waals surface area contributed by atoms with E-state index in [2.05, 4.69) is 21.4 Å². The van der Waals surface area contributed by atoms with Gasteiger partial charge in [0.25, 0.3) is 5.91 Å². The Morgan fingerprint density at radius 3 is 2.70 bits per heavy atom. The lowest BCUT2D eigenvalue weighted by atomic mass is 10.0. The molecule has 8 heteroatoms. The molecule has 2 atom stereocenters. The SMILES string of the molecule is CCOc1ccc(/C=N/NC(=O)C2CC(c3ccc(Cl)c(Cl)c3)NN2)cc1. The van der Waals surface area contributed by atoms with Crippen LogP contribution in [-0.4, -0.2) is 24.8 Å². The zero-order valence-corrected chi connectivity index (χ0v) is 16.2. The fraction of sp³-hybridized carbons (Fsp3) is 0.263. The quantitative estimate of drug-likeness (QED) is 0.507. The fourth-order valence-electron chi connectivity index (χ4n) is 2.74. The summed E-state index contributed by atoms with van der Waals surface area (Å²) < 4.78 is 5.39. The minimum atomic E-state index is -0.401. The summed E-state index contributed by atoms with van der Waals surface area (Å²) in [5, 5.41) is 5.01. The summed E-state index contributed by atoms with van der Waals surface area (Å²) in [5.74, 6) is 0.584. The van der Waals surface area contributed by atoms with Crippen LogP contribution in [-0.2, 0) is 4.79 Å². The number of amides is 1. The van der Waals surface area contributed by atoms with Crippen LogP contribution >= 0.6 is 23.2 Å². The Morgan fingerprint density at radius 1 is 1.22 bits per heavy atom. The van der Waals surface area contributed by atoms with E-state index in [4.69, 9.17) is 27.9 Å². The predicted octanol–water partition coefficient (Wildman–Crippen LogP) is 3.45. The second kappa shape index (κ2) is 9.19. The first-order chi connectivity index (χ1) is 13.1. The number of hydrazine groups is 1. The van der Waals surface area contributed by atoms with E-state index in [1.807, 2.05) is 37.3 Å². The minimum absolute atomic E-state index is 0.0365. The highest BCUT2D eigenvalue weighted by Crippen LogP contribution is 2.29. The molecule has 0 bridgehead atoms. The number of halogens is 2. The molecule has 0 radical (unpaired) electrons. The van der Waals surface area contributed by atoms with Gasteiger partial charge in [-0.1, -0.05) is 29.3 Å². The summed E-state index contributed by atoms with van der Waals surface area (Å²) in [6.07, 6.45) is 2.16. The second-order valence-corrected chi connectivity index (χ2v) is 6.85. The van der Waals surface area contributed by atoms with Crippen LogP contribution in [0.25, 0.3) is 0 Å².